The second kappa shape index (κ2) is 6.28. The summed E-state index contributed by atoms with van der Waals surface area (Å²) >= 11 is 0. The lowest BCUT2D eigenvalue weighted by atomic mass is 9.75. The summed E-state index contributed by atoms with van der Waals surface area (Å²) in [6.07, 6.45) is 4.33. The first-order chi connectivity index (χ1) is 10.6. The van der Waals surface area contributed by atoms with Gasteiger partial charge in [0.2, 0.25) is 0 Å². The van der Waals surface area contributed by atoms with Crippen molar-refractivity contribution in [1.82, 2.24) is 0 Å². The van der Waals surface area contributed by atoms with Crippen LogP contribution in [0, 0.1) is 29.6 Å². The monoisotopic (exact) mass is 330 g/mol. The number of aliphatic hydroxyl groups excluding tert-OH is 1. The Hall–Kier alpha value is -1.33. The Kier molecular flexibility index (Phi) is 4.92. The molecule has 3 atom stereocenters. The van der Waals surface area contributed by atoms with Crippen molar-refractivity contribution in [1.29, 1.82) is 0 Å². The molecule has 2 aliphatic carbocycles. The van der Waals surface area contributed by atoms with E-state index in [9.17, 15) is 9.90 Å². The van der Waals surface area contributed by atoms with E-state index in [0.717, 1.165) is 6.42 Å². The highest BCUT2D eigenvalue weighted by Crippen LogP contribution is 2.43. The molecule has 2 rings (SSSR count). The number of carbonyl (C=O) groups excluding carboxylic acids is 1. The van der Waals surface area contributed by atoms with Gasteiger partial charge in [-0.05, 0) is 49.5 Å². The molecule has 1 saturated carbocycles. The van der Waals surface area contributed by atoms with Crippen LogP contribution in [-0.2, 0) is 9.22 Å². The molecule has 0 aromatic heterocycles. The first-order valence-electron chi connectivity index (χ1n) is 8.20. The van der Waals surface area contributed by atoms with Gasteiger partial charge < -0.3 is 9.53 Å². The smallest absolute Gasteiger partial charge is 0.194 e. The molecule has 0 aromatic rings. The van der Waals surface area contributed by atoms with E-state index in [-0.39, 0.29) is 10.8 Å². The van der Waals surface area contributed by atoms with Crippen LogP contribution in [0.4, 0.5) is 0 Å². The molecule has 1 N–H and O–H groups in total. The number of fused-ring (bicyclic) bond motifs is 2. The van der Waals surface area contributed by atoms with Crippen LogP contribution in [0.1, 0.15) is 40.0 Å². The van der Waals surface area contributed by atoms with E-state index in [4.69, 9.17) is 4.43 Å². The Morgan fingerprint density at radius 2 is 1.96 bits per heavy atom. The van der Waals surface area contributed by atoms with Crippen molar-refractivity contribution in [2.24, 2.45) is 5.92 Å². The van der Waals surface area contributed by atoms with E-state index < -0.39 is 25.9 Å². The van der Waals surface area contributed by atoms with Crippen LogP contribution in [0.3, 0.4) is 0 Å². The number of hydrogen-bond acceptors (Lipinski definition) is 3. The van der Waals surface area contributed by atoms with Gasteiger partial charge in [0.05, 0.1) is 5.92 Å². The highest BCUT2D eigenvalue weighted by Gasteiger charge is 2.52. The number of Topliss-reactive ketones (excluding diaryl/α,β-unsaturated/α-hetero) is 1. The topological polar surface area (TPSA) is 46.5 Å². The minimum atomic E-state index is -2.18. The Labute approximate surface area is 140 Å². The maximum absolute atomic E-state index is 13.1. The van der Waals surface area contributed by atoms with Gasteiger partial charge in [0, 0.05) is 0 Å². The van der Waals surface area contributed by atoms with Crippen LogP contribution in [0.2, 0.25) is 18.1 Å². The predicted molar refractivity (Wildman–Crippen MR) is 94.1 cm³/mol. The number of carbonyl (C=O) groups is 1. The predicted octanol–water partition coefficient (Wildman–Crippen LogP) is 3.05. The van der Waals surface area contributed by atoms with Gasteiger partial charge in [-0.25, -0.2) is 0 Å². The Balaban J connectivity index is 2.48. The number of rotatable bonds is 2. The molecular weight excluding hydrogens is 304 g/mol. The van der Waals surface area contributed by atoms with Gasteiger partial charge in [-0.15, -0.1) is 0 Å². The van der Waals surface area contributed by atoms with Crippen molar-refractivity contribution >= 4 is 14.1 Å². The second-order valence-electron chi connectivity index (χ2n) is 7.89. The molecule has 0 radical (unpaired) electrons. The Bertz CT molecular complexity index is 633. The largest absolute Gasteiger partial charge is 0.395 e. The first-order valence-corrected chi connectivity index (χ1v) is 11.1. The lowest BCUT2D eigenvalue weighted by molar-refractivity contribution is -0.141. The van der Waals surface area contributed by atoms with Crippen molar-refractivity contribution in [3.8, 4) is 23.7 Å². The first kappa shape index (κ1) is 18.0. The summed E-state index contributed by atoms with van der Waals surface area (Å²) in [6, 6.07) is 0. The fourth-order valence-electron chi connectivity index (χ4n) is 2.74. The van der Waals surface area contributed by atoms with Crippen molar-refractivity contribution in [2.45, 2.75) is 69.9 Å². The maximum atomic E-state index is 13.1. The third-order valence-electron chi connectivity index (χ3n) is 5.15. The van der Waals surface area contributed by atoms with Gasteiger partial charge in [0.1, 0.15) is 6.10 Å². The van der Waals surface area contributed by atoms with E-state index in [2.05, 4.69) is 57.5 Å². The minimum absolute atomic E-state index is 0.0137. The molecule has 23 heavy (non-hydrogen) atoms. The van der Waals surface area contributed by atoms with Crippen molar-refractivity contribution in [2.75, 3.05) is 0 Å². The number of ketones is 1. The van der Waals surface area contributed by atoms with Gasteiger partial charge in [0.25, 0.3) is 0 Å². The third kappa shape index (κ3) is 3.61. The maximum Gasteiger partial charge on any atom is 0.194 e. The molecule has 1 unspecified atom stereocenters. The van der Waals surface area contributed by atoms with Gasteiger partial charge in [0.15, 0.2) is 19.7 Å². The van der Waals surface area contributed by atoms with E-state index in [1.807, 2.05) is 0 Å². The van der Waals surface area contributed by atoms with Crippen LogP contribution in [0.25, 0.3) is 0 Å². The molecule has 0 aromatic carbocycles. The molecule has 0 amide bonds. The molecule has 0 spiro atoms. The van der Waals surface area contributed by atoms with Gasteiger partial charge in [-0.2, -0.15) is 0 Å². The van der Waals surface area contributed by atoms with Crippen LogP contribution in [0.15, 0.2) is 12.2 Å². The van der Waals surface area contributed by atoms with Crippen molar-refractivity contribution in [3.63, 3.8) is 0 Å². The normalized spacial score (nSPS) is 32.2. The lowest BCUT2D eigenvalue weighted by Crippen LogP contribution is -2.57. The van der Waals surface area contributed by atoms with E-state index in [1.165, 1.54) is 0 Å². The Morgan fingerprint density at radius 1 is 1.30 bits per heavy atom. The molecule has 4 heteroatoms. The molecule has 124 valence electrons. The average Bonchev–Trinajstić information content (AvgIpc) is 2.42. The molecule has 3 nitrogen and oxygen atoms in total. The van der Waals surface area contributed by atoms with Gasteiger partial charge in [-0.3, -0.25) is 4.79 Å². The molecule has 0 aliphatic heterocycles. The highest BCUT2D eigenvalue weighted by atomic mass is 28.4. The van der Waals surface area contributed by atoms with Gasteiger partial charge >= 0.3 is 0 Å². The molecule has 2 aliphatic rings. The summed E-state index contributed by atoms with van der Waals surface area (Å²) in [5.41, 5.74) is -1.10. The molecule has 0 heterocycles. The molecular formula is C19H26O3Si. The SMILES string of the molecule is CC(C)(C)[Si](C)(C)O[C@@]12C#C/C=C\C#C[C@H](O)C(CCC1)C2=O. The molecule has 2 bridgehead atoms. The fraction of sp³-hybridized carbons (Fsp3) is 0.632. The number of allylic oxidation sites excluding steroid dienone is 2. The van der Waals surface area contributed by atoms with Crippen LogP contribution >= 0.6 is 0 Å². The minimum Gasteiger partial charge on any atom is -0.395 e. The van der Waals surface area contributed by atoms with Crippen molar-refractivity contribution < 1.29 is 14.3 Å². The van der Waals surface area contributed by atoms with Crippen LogP contribution in [-0.4, -0.2) is 30.9 Å². The number of hydrogen-bond donors (Lipinski definition) is 1. The van der Waals surface area contributed by atoms with Gasteiger partial charge in [-0.1, -0.05) is 44.5 Å². The zero-order chi connectivity index (χ0) is 17.3. The summed E-state index contributed by atoms with van der Waals surface area (Å²) in [4.78, 5) is 13.1. The zero-order valence-corrected chi connectivity index (χ0v) is 15.7. The van der Waals surface area contributed by atoms with E-state index >= 15 is 0 Å². The summed E-state index contributed by atoms with van der Waals surface area (Å²) in [5.74, 6) is 10.9. The third-order valence-corrected chi connectivity index (χ3v) is 9.62. The molecule has 1 fully saturated rings. The second-order valence-corrected chi connectivity index (χ2v) is 12.6. The van der Waals surface area contributed by atoms with E-state index in [1.54, 1.807) is 12.2 Å². The fourth-order valence-corrected chi connectivity index (χ4v) is 4.17. The average molecular weight is 331 g/mol. The quantitative estimate of drug-likeness (QED) is 0.625. The summed E-state index contributed by atoms with van der Waals surface area (Å²) in [5, 5.41) is 10.3. The van der Waals surface area contributed by atoms with E-state index in [0.29, 0.717) is 12.8 Å². The standard InChI is InChI=1S/C19H26O3Si/c1-18(2,3)23(4,5)22-19-13-9-7-6-8-12-16(20)15(17(19)21)11-10-14-19/h6-7,15-16,20H,10-11,14H2,1-5H3/b7-6-/t15?,16-,19-/m0/s1. The number of aliphatic hydroxyl groups is 1. The summed E-state index contributed by atoms with van der Waals surface area (Å²) in [6.45, 7) is 10.7. The van der Waals surface area contributed by atoms with Crippen LogP contribution < -0.4 is 0 Å². The lowest BCUT2D eigenvalue weighted by Gasteiger charge is -2.45. The van der Waals surface area contributed by atoms with Crippen molar-refractivity contribution in [3.05, 3.63) is 12.2 Å². The summed E-state index contributed by atoms with van der Waals surface area (Å²) in [7, 11) is -2.18. The highest BCUT2D eigenvalue weighted by molar-refractivity contribution is 6.74. The van der Waals surface area contributed by atoms with Crippen LogP contribution in [0.5, 0.6) is 0 Å². The zero-order valence-electron chi connectivity index (χ0n) is 14.7. The summed E-state index contributed by atoms with van der Waals surface area (Å²) < 4.78 is 6.52. The Morgan fingerprint density at radius 3 is 2.61 bits per heavy atom. The molecule has 0 saturated heterocycles.